The molecule has 0 heterocycles. The lowest BCUT2D eigenvalue weighted by Gasteiger charge is -2.49. The van der Waals surface area contributed by atoms with Crippen LogP contribution in [0, 0.1) is 5.41 Å². The standard InChI is InChI=1S/C27H37N3O7/c1-25(2,3)24(37)30(19-15-17(20(31)32)14-18(16-19)21(33)34)27(12-8-5-9-13-27)23(36)29-26(22(28)35)10-6-4-7-11-26/h14-16H,4-13H2,1-3H3,(H2,28,35)(H,29,36)(H,31,32)(H,33,34). The largest absolute Gasteiger partial charge is 0.478 e. The van der Waals surface area contributed by atoms with Crippen LogP contribution in [0.1, 0.15) is 106 Å². The van der Waals surface area contributed by atoms with E-state index in [0.717, 1.165) is 31.7 Å². The van der Waals surface area contributed by atoms with Crippen molar-refractivity contribution in [3.05, 3.63) is 29.3 Å². The summed E-state index contributed by atoms with van der Waals surface area (Å²) in [6, 6.07) is 3.48. The van der Waals surface area contributed by atoms with Crippen LogP contribution in [-0.2, 0) is 14.4 Å². The molecule has 0 atom stereocenters. The summed E-state index contributed by atoms with van der Waals surface area (Å²) in [5.74, 6) is -4.32. The minimum atomic E-state index is -1.45. The maximum Gasteiger partial charge on any atom is 0.335 e. The molecule has 0 spiro atoms. The Labute approximate surface area is 216 Å². The number of hydrogen-bond donors (Lipinski definition) is 4. The molecule has 10 heteroatoms. The van der Waals surface area contributed by atoms with E-state index in [0.29, 0.717) is 25.7 Å². The normalized spacial score (nSPS) is 18.9. The fourth-order valence-corrected chi connectivity index (χ4v) is 5.49. The molecule has 3 amide bonds. The first-order valence-electron chi connectivity index (χ1n) is 12.8. The van der Waals surface area contributed by atoms with E-state index < -0.39 is 46.2 Å². The number of carboxylic acid groups (broad SMARTS) is 2. The van der Waals surface area contributed by atoms with Crippen LogP contribution in [0.15, 0.2) is 18.2 Å². The zero-order chi connectivity index (χ0) is 27.6. The number of anilines is 1. The molecule has 10 nitrogen and oxygen atoms in total. The number of nitrogens with one attached hydrogen (secondary N) is 1. The second kappa shape index (κ2) is 10.5. The molecule has 1 aromatic rings. The molecule has 202 valence electrons. The molecule has 0 radical (unpaired) electrons. The van der Waals surface area contributed by atoms with E-state index in [-0.39, 0.29) is 29.7 Å². The van der Waals surface area contributed by atoms with E-state index in [1.54, 1.807) is 20.8 Å². The molecular formula is C27H37N3O7. The van der Waals surface area contributed by atoms with Gasteiger partial charge in [0.1, 0.15) is 11.1 Å². The minimum Gasteiger partial charge on any atom is -0.478 e. The molecule has 0 aromatic heterocycles. The number of carbonyl (C=O) groups excluding carboxylic acids is 3. The van der Waals surface area contributed by atoms with Gasteiger partial charge in [-0.1, -0.05) is 59.3 Å². The van der Waals surface area contributed by atoms with Crippen molar-refractivity contribution in [1.29, 1.82) is 0 Å². The third-order valence-electron chi connectivity index (χ3n) is 7.58. The molecule has 0 unspecified atom stereocenters. The third-order valence-corrected chi connectivity index (χ3v) is 7.58. The highest BCUT2D eigenvalue weighted by Crippen LogP contribution is 2.41. The van der Waals surface area contributed by atoms with E-state index in [9.17, 15) is 34.2 Å². The van der Waals surface area contributed by atoms with E-state index in [1.807, 2.05) is 0 Å². The van der Waals surface area contributed by atoms with Gasteiger partial charge in [-0.15, -0.1) is 0 Å². The number of nitrogens with zero attached hydrogens (tertiary/aromatic N) is 1. The third kappa shape index (κ3) is 5.62. The number of nitrogens with two attached hydrogens (primary N) is 1. The lowest BCUT2D eigenvalue weighted by molar-refractivity contribution is -0.139. The summed E-state index contributed by atoms with van der Waals surface area (Å²) in [7, 11) is 0. The van der Waals surface area contributed by atoms with Crippen molar-refractivity contribution in [2.75, 3.05) is 4.90 Å². The summed E-state index contributed by atoms with van der Waals surface area (Å²) >= 11 is 0. The summed E-state index contributed by atoms with van der Waals surface area (Å²) in [4.78, 5) is 65.8. The van der Waals surface area contributed by atoms with Gasteiger partial charge in [-0.2, -0.15) is 0 Å². The quantitative estimate of drug-likeness (QED) is 0.431. The summed E-state index contributed by atoms with van der Waals surface area (Å²) in [5.41, 5.74) is 1.51. The molecule has 37 heavy (non-hydrogen) atoms. The zero-order valence-electron chi connectivity index (χ0n) is 21.8. The minimum absolute atomic E-state index is 0.0195. The molecule has 2 aliphatic rings. The summed E-state index contributed by atoms with van der Waals surface area (Å²) in [6.45, 7) is 5.05. The van der Waals surface area contributed by atoms with Crippen molar-refractivity contribution < 1.29 is 34.2 Å². The Hall–Kier alpha value is -3.43. The van der Waals surface area contributed by atoms with Gasteiger partial charge >= 0.3 is 11.9 Å². The van der Waals surface area contributed by atoms with E-state index >= 15 is 0 Å². The molecular weight excluding hydrogens is 478 g/mol. The highest BCUT2D eigenvalue weighted by Gasteiger charge is 2.52. The first kappa shape index (κ1) is 28.1. The van der Waals surface area contributed by atoms with Gasteiger partial charge in [0.05, 0.1) is 11.1 Å². The SMILES string of the molecule is CC(C)(C)C(=O)N(c1cc(C(=O)O)cc(C(=O)O)c1)C1(C(=O)NC2(C(N)=O)CCCCC2)CCCCC1. The predicted molar refractivity (Wildman–Crippen MR) is 136 cm³/mol. The maximum absolute atomic E-state index is 14.2. The Kier molecular flexibility index (Phi) is 8.00. The predicted octanol–water partition coefficient (Wildman–Crippen LogP) is 3.47. The van der Waals surface area contributed by atoms with Crippen molar-refractivity contribution in [3.63, 3.8) is 0 Å². The first-order valence-corrected chi connectivity index (χ1v) is 12.8. The average molecular weight is 516 g/mol. The number of primary amides is 1. The lowest BCUT2D eigenvalue weighted by Crippen LogP contribution is -2.69. The van der Waals surface area contributed by atoms with Crippen LogP contribution in [-0.4, -0.2) is 51.0 Å². The number of hydrogen-bond acceptors (Lipinski definition) is 5. The van der Waals surface area contributed by atoms with Crippen molar-refractivity contribution in [3.8, 4) is 0 Å². The van der Waals surface area contributed by atoms with Crippen LogP contribution < -0.4 is 16.0 Å². The second-order valence-corrected chi connectivity index (χ2v) is 11.3. The molecule has 2 saturated carbocycles. The first-order chi connectivity index (χ1) is 17.2. The highest BCUT2D eigenvalue weighted by molar-refractivity contribution is 6.08. The number of rotatable bonds is 7. The average Bonchev–Trinajstić information content (AvgIpc) is 2.84. The number of aromatic carboxylic acids is 2. The van der Waals surface area contributed by atoms with Gasteiger partial charge in [-0.05, 0) is 43.9 Å². The van der Waals surface area contributed by atoms with Crippen LogP contribution in [0.25, 0.3) is 0 Å². The summed E-state index contributed by atoms with van der Waals surface area (Å²) in [6.07, 6.45) is 5.79. The van der Waals surface area contributed by atoms with E-state index in [1.165, 1.54) is 17.0 Å². The Bertz CT molecular complexity index is 1060. The van der Waals surface area contributed by atoms with Gasteiger partial charge in [0.15, 0.2) is 0 Å². The van der Waals surface area contributed by atoms with Gasteiger partial charge in [0, 0.05) is 11.1 Å². The fraction of sp³-hybridized carbons (Fsp3) is 0.593. The van der Waals surface area contributed by atoms with Gasteiger partial charge in [-0.3, -0.25) is 19.3 Å². The topological polar surface area (TPSA) is 167 Å². The number of benzene rings is 1. The summed E-state index contributed by atoms with van der Waals surface area (Å²) in [5, 5.41) is 22.3. The monoisotopic (exact) mass is 515 g/mol. The van der Waals surface area contributed by atoms with Crippen LogP contribution in [0.5, 0.6) is 0 Å². The molecule has 2 aliphatic carbocycles. The molecule has 0 saturated heterocycles. The van der Waals surface area contributed by atoms with Crippen molar-refractivity contribution in [1.82, 2.24) is 5.32 Å². The lowest BCUT2D eigenvalue weighted by atomic mass is 9.75. The molecule has 1 aromatic carbocycles. The van der Waals surface area contributed by atoms with Crippen LogP contribution in [0.3, 0.4) is 0 Å². The van der Waals surface area contributed by atoms with Crippen molar-refractivity contribution >= 4 is 35.3 Å². The summed E-state index contributed by atoms with van der Waals surface area (Å²) < 4.78 is 0. The Morgan fingerprint density at radius 1 is 0.811 bits per heavy atom. The van der Waals surface area contributed by atoms with Crippen LogP contribution in [0.4, 0.5) is 5.69 Å². The van der Waals surface area contributed by atoms with Crippen molar-refractivity contribution in [2.45, 2.75) is 96.1 Å². The molecule has 0 bridgehead atoms. The smallest absolute Gasteiger partial charge is 0.335 e. The molecule has 3 rings (SSSR count). The molecule has 5 N–H and O–H groups in total. The van der Waals surface area contributed by atoms with E-state index in [2.05, 4.69) is 5.32 Å². The number of carbonyl (C=O) groups is 5. The second-order valence-electron chi connectivity index (χ2n) is 11.3. The Balaban J connectivity index is 2.23. The van der Waals surface area contributed by atoms with Crippen LogP contribution >= 0.6 is 0 Å². The van der Waals surface area contributed by atoms with Gasteiger partial charge in [0.2, 0.25) is 17.7 Å². The van der Waals surface area contributed by atoms with E-state index in [4.69, 9.17) is 5.73 Å². The van der Waals surface area contributed by atoms with Crippen molar-refractivity contribution in [2.24, 2.45) is 11.1 Å². The maximum atomic E-state index is 14.2. The molecule has 0 aliphatic heterocycles. The zero-order valence-corrected chi connectivity index (χ0v) is 21.8. The van der Waals surface area contributed by atoms with Gasteiger partial charge < -0.3 is 21.3 Å². The highest BCUT2D eigenvalue weighted by atomic mass is 16.4. The Morgan fingerprint density at radius 3 is 1.68 bits per heavy atom. The Morgan fingerprint density at radius 2 is 1.27 bits per heavy atom. The van der Waals surface area contributed by atoms with Crippen LogP contribution in [0.2, 0.25) is 0 Å². The van der Waals surface area contributed by atoms with Gasteiger partial charge in [0.25, 0.3) is 0 Å². The van der Waals surface area contributed by atoms with Gasteiger partial charge in [-0.25, -0.2) is 9.59 Å². The number of amides is 3. The molecule has 2 fully saturated rings. The number of carboxylic acids is 2. The fourth-order valence-electron chi connectivity index (χ4n) is 5.49.